The number of rotatable bonds is 2. The molecule has 8 aromatic carbocycles. The van der Waals surface area contributed by atoms with Crippen LogP contribution in [0.25, 0.3) is 85.5 Å². The smallest absolute Gasteiger partial charge is 0.0434 e. The minimum absolute atomic E-state index is 1.24. The summed E-state index contributed by atoms with van der Waals surface area (Å²) in [6.45, 7) is 0. The van der Waals surface area contributed by atoms with Gasteiger partial charge in [-0.05, 0) is 84.2 Å². The highest BCUT2D eigenvalue weighted by Gasteiger charge is 2.14. The molecule has 1 heteroatoms. The van der Waals surface area contributed by atoms with Gasteiger partial charge in [-0.1, -0.05) is 121 Å². The SMILES string of the molecule is c1cc(-c2ccc3c4ccccc4c4ccccc4c3c2)cc(-c2cc3c4ccccc4sc3c3ccccc23)c1. The van der Waals surface area contributed by atoms with Crippen molar-refractivity contribution in [2.45, 2.75) is 0 Å². The second-order valence-electron chi connectivity index (χ2n) is 10.9. The van der Waals surface area contributed by atoms with Crippen LogP contribution in [0, 0.1) is 0 Å². The van der Waals surface area contributed by atoms with E-state index >= 15 is 0 Å². The molecule has 0 N–H and O–H groups in total. The third kappa shape index (κ3) is 3.40. The molecule has 0 spiro atoms. The van der Waals surface area contributed by atoms with Crippen LogP contribution in [0.2, 0.25) is 0 Å². The van der Waals surface area contributed by atoms with Crippen molar-refractivity contribution in [1.29, 1.82) is 0 Å². The Morgan fingerprint density at radius 2 is 0.829 bits per heavy atom. The zero-order chi connectivity index (χ0) is 26.9. The van der Waals surface area contributed by atoms with Crippen LogP contribution in [0.4, 0.5) is 0 Å². The molecule has 0 aliphatic heterocycles. The Morgan fingerprint density at radius 1 is 0.293 bits per heavy atom. The second kappa shape index (κ2) is 8.76. The summed E-state index contributed by atoms with van der Waals surface area (Å²) >= 11 is 1.90. The monoisotopic (exact) mass is 536 g/mol. The van der Waals surface area contributed by atoms with Gasteiger partial charge < -0.3 is 0 Å². The summed E-state index contributed by atoms with van der Waals surface area (Å²) in [5.74, 6) is 0. The maximum absolute atomic E-state index is 2.41. The van der Waals surface area contributed by atoms with Crippen molar-refractivity contribution < 1.29 is 0 Å². The molecule has 0 aliphatic carbocycles. The molecule has 0 fully saturated rings. The number of hydrogen-bond acceptors (Lipinski definition) is 1. The van der Waals surface area contributed by atoms with Gasteiger partial charge in [0.1, 0.15) is 0 Å². The Hall–Kier alpha value is -4.98. The molecular weight excluding hydrogens is 513 g/mol. The maximum Gasteiger partial charge on any atom is 0.0434 e. The number of fused-ring (bicyclic) bond motifs is 11. The van der Waals surface area contributed by atoms with Gasteiger partial charge in [0.25, 0.3) is 0 Å². The summed E-state index contributed by atoms with van der Waals surface area (Å²) in [5, 5.41) is 13.2. The maximum atomic E-state index is 2.41. The number of benzene rings is 8. The van der Waals surface area contributed by atoms with Crippen molar-refractivity contribution in [3.63, 3.8) is 0 Å². The topological polar surface area (TPSA) is 0 Å². The van der Waals surface area contributed by atoms with Crippen LogP contribution in [0.5, 0.6) is 0 Å². The molecule has 1 heterocycles. The standard InChI is InChI=1S/C40H24S/c1-2-14-30-28(12-1)29-13-3-4-15-31(29)37-23-26(20-21-33(30)37)25-10-9-11-27(22-25)36-24-38-34-17-7-8-19-39(34)41-40(38)35-18-6-5-16-32(35)36/h1-24H. The van der Waals surface area contributed by atoms with E-state index in [-0.39, 0.29) is 0 Å². The van der Waals surface area contributed by atoms with E-state index in [1.165, 1.54) is 85.5 Å². The first-order valence-corrected chi connectivity index (χ1v) is 14.9. The molecule has 0 saturated carbocycles. The summed E-state index contributed by atoms with van der Waals surface area (Å²) in [6, 6.07) is 53.7. The molecule has 0 aliphatic rings. The average molecular weight is 537 g/mol. The molecule has 41 heavy (non-hydrogen) atoms. The molecule has 0 bridgehead atoms. The Balaban J connectivity index is 1.28. The van der Waals surface area contributed by atoms with Crippen molar-refractivity contribution in [3.8, 4) is 22.3 Å². The molecule has 9 aromatic rings. The molecule has 0 unspecified atom stereocenters. The molecule has 0 amide bonds. The average Bonchev–Trinajstić information content (AvgIpc) is 3.43. The van der Waals surface area contributed by atoms with Crippen LogP contribution in [0.15, 0.2) is 146 Å². The quantitative estimate of drug-likeness (QED) is 0.193. The van der Waals surface area contributed by atoms with Crippen LogP contribution in [0.1, 0.15) is 0 Å². The van der Waals surface area contributed by atoms with Crippen LogP contribution in [-0.2, 0) is 0 Å². The van der Waals surface area contributed by atoms with E-state index in [4.69, 9.17) is 0 Å². The molecule has 9 rings (SSSR count). The van der Waals surface area contributed by atoms with Gasteiger partial charge >= 0.3 is 0 Å². The van der Waals surface area contributed by atoms with E-state index < -0.39 is 0 Å². The summed E-state index contributed by atoms with van der Waals surface area (Å²) in [7, 11) is 0. The van der Waals surface area contributed by atoms with E-state index in [9.17, 15) is 0 Å². The van der Waals surface area contributed by atoms with Gasteiger partial charge in [-0.15, -0.1) is 11.3 Å². The molecular formula is C40H24S. The number of thiophene rings is 1. The van der Waals surface area contributed by atoms with Crippen LogP contribution >= 0.6 is 11.3 Å². The highest BCUT2D eigenvalue weighted by atomic mass is 32.1. The van der Waals surface area contributed by atoms with Gasteiger partial charge in [0.15, 0.2) is 0 Å². The van der Waals surface area contributed by atoms with Crippen LogP contribution < -0.4 is 0 Å². The molecule has 0 radical (unpaired) electrons. The van der Waals surface area contributed by atoms with Gasteiger partial charge in [-0.25, -0.2) is 0 Å². The summed E-state index contributed by atoms with van der Waals surface area (Å²) < 4.78 is 2.71. The summed E-state index contributed by atoms with van der Waals surface area (Å²) in [4.78, 5) is 0. The highest BCUT2D eigenvalue weighted by Crippen LogP contribution is 2.43. The Bertz CT molecular complexity index is 2440. The third-order valence-electron chi connectivity index (χ3n) is 8.64. The zero-order valence-electron chi connectivity index (χ0n) is 22.3. The predicted octanol–water partition coefficient (Wildman–Crippen LogP) is 12.0. The second-order valence-corrected chi connectivity index (χ2v) is 11.9. The lowest BCUT2D eigenvalue weighted by molar-refractivity contribution is 1.63. The largest absolute Gasteiger partial charge is 0.135 e. The van der Waals surface area contributed by atoms with Crippen molar-refractivity contribution >= 4 is 74.6 Å². The van der Waals surface area contributed by atoms with E-state index in [0.717, 1.165) is 0 Å². The fourth-order valence-corrected chi connectivity index (χ4v) is 7.96. The van der Waals surface area contributed by atoms with Crippen molar-refractivity contribution in [3.05, 3.63) is 146 Å². The summed E-state index contributed by atoms with van der Waals surface area (Å²) in [6.07, 6.45) is 0. The van der Waals surface area contributed by atoms with E-state index in [2.05, 4.69) is 146 Å². The first-order valence-electron chi connectivity index (χ1n) is 14.1. The molecule has 0 atom stereocenters. The van der Waals surface area contributed by atoms with Crippen LogP contribution in [-0.4, -0.2) is 0 Å². The van der Waals surface area contributed by atoms with Crippen molar-refractivity contribution in [2.75, 3.05) is 0 Å². The molecule has 190 valence electrons. The minimum Gasteiger partial charge on any atom is -0.135 e. The fourth-order valence-electron chi connectivity index (χ4n) is 6.74. The Labute approximate surface area is 241 Å². The lowest BCUT2D eigenvalue weighted by Gasteiger charge is -2.13. The lowest BCUT2D eigenvalue weighted by atomic mass is 9.90. The summed E-state index contributed by atoms with van der Waals surface area (Å²) in [5.41, 5.74) is 5.02. The molecule has 1 aromatic heterocycles. The first kappa shape index (κ1) is 22.8. The van der Waals surface area contributed by atoms with Crippen molar-refractivity contribution in [2.24, 2.45) is 0 Å². The zero-order valence-corrected chi connectivity index (χ0v) is 23.1. The molecule has 0 saturated heterocycles. The van der Waals surface area contributed by atoms with Gasteiger partial charge in [0, 0.05) is 25.6 Å². The van der Waals surface area contributed by atoms with E-state index in [1.54, 1.807) is 0 Å². The third-order valence-corrected chi connectivity index (χ3v) is 9.86. The molecule has 0 nitrogen and oxygen atoms in total. The van der Waals surface area contributed by atoms with E-state index in [1.807, 2.05) is 11.3 Å². The normalized spacial score (nSPS) is 11.9. The van der Waals surface area contributed by atoms with Gasteiger partial charge in [0.2, 0.25) is 0 Å². The van der Waals surface area contributed by atoms with Gasteiger partial charge in [-0.2, -0.15) is 0 Å². The number of hydrogen-bond donors (Lipinski definition) is 0. The Kier molecular flexibility index (Phi) is 4.87. The lowest BCUT2D eigenvalue weighted by Crippen LogP contribution is -1.86. The van der Waals surface area contributed by atoms with Crippen molar-refractivity contribution in [1.82, 2.24) is 0 Å². The Morgan fingerprint density at radius 3 is 1.56 bits per heavy atom. The van der Waals surface area contributed by atoms with Gasteiger partial charge in [-0.3, -0.25) is 0 Å². The predicted molar refractivity (Wildman–Crippen MR) is 180 cm³/mol. The first-order chi connectivity index (χ1) is 20.3. The highest BCUT2D eigenvalue weighted by molar-refractivity contribution is 7.26. The van der Waals surface area contributed by atoms with Gasteiger partial charge in [0.05, 0.1) is 0 Å². The fraction of sp³-hybridized carbons (Fsp3) is 0. The van der Waals surface area contributed by atoms with E-state index in [0.29, 0.717) is 0 Å². The minimum atomic E-state index is 1.24. The van der Waals surface area contributed by atoms with Crippen LogP contribution in [0.3, 0.4) is 0 Å².